The molecule has 4 aliphatic rings. The van der Waals surface area contributed by atoms with Crippen LogP contribution in [0.15, 0.2) is 58.8 Å². The van der Waals surface area contributed by atoms with Crippen LogP contribution in [0.2, 0.25) is 0 Å². The summed E-state index contributed by atoms with van der Waals surface area (Å²) in [5.41, 5.74) is 9.37. The van der Waals surface area contributed by atoms with Gasteiger partial charge in [-0.25, -0.2) is 5.43 Å². The molecule has 1 aliphatic carbocycles. The lowest BCUT2D eigenvalue weighted by molar-refractivity contribution is -0.156. The Hall–Kier alpha value is -4.57. The van der Waals surface area contributed by atoms with Crippen LogP contribution in [0.4, 0.5) is 0 Å². The highest BCUT2D eigenvalue weighted by Gasteiger charge is 2.55. The van der Waals surface area contributed by atoms with Gasteiger partial charge in [-0.2, -0.15) is 5.10 Å². The minimum absolute atomic E-state index is 0.0455. The van der Waals surface area contributed by atoms with E-state index in [0.29, 0.717) is 43.1 Å². The van der Waals surface area contributed by atoms with Crippen LogP contribution in [0.5, 0.6) is 0 Å². The number of nitrogens with zero attached hydrogens (tertiary/aromatic N) is 6. The second-order valence-corrected chi connectivity index (χ2v) is 18.4. The highest BCUT2D eigenvalue weighted by Crippen LogP contribution is 2.53. The molecule has 5 heterocycles. The Balaban J connectivity index is 1.35. The number of hydrogen-bond donors (Lipinski definition) is 2. The highest BCUT2D eigenvalue weighted by atomic mass is 32.2. The van der Waals surface area contributed by atoms with Crippen molar-refractivity contribution in [3.63, 3.8) is 0 Å². The van der Waals surface area contributed by atoms with Crippen LogP contribution in [-0.2, 0) is 48.6 Å². The maximum atomic E-state index is 14.8. The lowest BCUT2D eigenvalue weighted by Gasteiger charge is -2.37. The number of hydrazine groups is 1. The summed E-state index contributed by atoms with van der Waals surface area (Å²) < 4.78 is 22.4. The number of allylic oxidation sites excluding steroid dienone is 2. The van der Waals surface area contributed by atoms with Crippen molar-refractivity contribution >= 4 is 57.3 Å². The Labute approximate surface area is 363 Å². The quantitative estimate of drug-likeness (QED) is 0.131. The van der Waals surface area contributed by atoms with Gasteiger partial charge in [0.05, 0.1) is 35.8 Å². The van der Waals surface area contributed by atoms with Gasteiger partial charge in [0.15, 0.2) is 0 Å². The smallest absolute Gasteiger partial charge is 0.324 e. The second-order valence-electron chi connectivity index (χ2n) is 17.4. The van der Waals surface area contributed by atoms with Crippen LogP contribution in [0.25, 0.3) is 16.5 Å². The SMILES string of the molecule is C=C/C(=C(\N=C/C)[C@H](C)OC)c1c2c3cc(ccc3n1CC)C1CSC(=N1)[C@@H](OCC)[C@H](NC(=O)[C@@H]1[C@@H](C)[C@H]1c1ccn(C)n1)C(=O)N1CCC[C@H](N1)C(=O)OCC(C)(C)C2. The van der Waals surface area contributed by atoms with Crippen molar-refractivity contribution in [2.75, 3.05) is 32.6 Å². The van der Waals surface area contributed by atoms with Gasteiger partial charge >= 0.3 is 5.97 Å². The normalized spacial score (nSPS) is 27.7. The van der Waals surface area contributed by atoms with E-state index in [1.807, 2.05) is 53.1 Å². The van der Waals surface area contributed by atoms with E-state index in [9.17, 15) is 14.4 Å². The molecular weight excluding hydrogens is 793 g/mol. The largest absolute Gasteiger partial charge is 0.464 e. The Morgan fingerprint density at radius 1 is 1.25 bits per heavy atom. The molecule has 2 aromatic heterocycles. The molecule has 0 spiro atoms. The number of rotatable bonds is 11. The first-order valence-corrected chi connectivity index (χ1v) is 22.6. The number of esters is 1. The first-order chi connectivity index (χ1) is 29.2. The van der Waals surface area contributed by atoms with Crippen molar-refractivity contribution in [3.8, 4) is 0 Å². The van der Waals surface area contributed by atoms with Crippen molar-refractivity contribution < 1.29 is 28.6 Å². The van der Waals surface area contributed by atoms with Gasteiger partial charge in [-0.05, 0) is 82.2 Å². The van der Waals surface area contributed by atoms with Crippen LogP contribution >= 0.6 is 11.8 Å². The van der Waals surface area contributed by atoms with Crippen LogP contribution in [0.1, 0.15) is 95.8 Å². The van der Waals surface area contributed by atoms with E-state index in [-0.39, 0.29) is 54.9 Å². The summed E-state index contributed by atoms with van der Waals surface area (Å²) in [6.45, 7) is 19.9. The molecule has 7 rings (SSSR count). The van der Waals surface area contributed by atoms with Gasteiger partial charge in [0.25, 0.3) is 5.91 Å². The lowest BCUT2D eigenvalue weighted by atomic mass is 9.84. The summed E-state index contributed by atoms with van der Waals surface area (Å²) in [6.07, 6.45) is 6.00. The number of aryl methyl sites for hydroxylation is 2. The second kappa shape index (κ2) is 18.4. The molecule has 14 nitrogen and oxygen atoms in total. The molecule has 1 saturated carbocycles. The monoisotopic (exact) mass is 854 g/mol. The number of ether oxygens (including phenoxy) is 3. The minimum atomic E-state index is -1.11. The Morgan fingerprint density at radius 2 is 2.03 bits per heavy atom. The molecule has 3 aromatic rings. The number of fused-ring (bicyclic) bond motifs is 5. The van der Waals surface area contributed by atoms with Crippen molar-refractivity contribution in [1.29, 1.82) is 0 Å². The molecule has 0 radical (unpaired) electrons. The molecule has 1 aromatic carbocycles. The van der Waals surface area contributed by atoms with Gasteiger partial charge < -0.3 is 24.1 Å². The van der Waals surface area contributed by atoms with Crippen molar-refractivity contribution in [2.45, 2.75) is 111 Å². The molecular formula is C46H62N8O6S. The van der Waals surface area contributed by atoms with Crippen molar-refractivity contribution in [2.24, 2.45) is 34.3 Å². The summed E-state index contributed by atoms with van der Waals surface area (Å²) in [4.78, 5) is 53.0. The minimum Gasteiger partial charge on any atom is -0.464 e. The Morgan fingerprint density at radius 3 is 2.70 bits per heavy atom. The molecule has 2 N–H and O–H groups in total. The average Bonchev–Trinajstić information content (AvgIpc) is 3.59. The predicted octanol–water partition coefficient (Wildman–Crippen LogP) is 6.16. The number of thioether (sulfide) groups is 1. The number of carbonyl (C=O) groups is 3. The molecule has 61 heavy (non-hydrogen) atoms. The average molecular weight is 855 g/mol. The zero-order valence-electron chi connectivity index (χ0n) is 37.1. The first kappa shape index (κ1) is 44.5. The van der Waals surface area contributed by atoms with E-state index in [1.54, 1.807) is 29.8 Å². The number of aromatic nitrogens is 3. The first-order valence-electron chi connectivity index (χ1n) is 21.6. The van der Waals surface area contributed by atoms with Crippen LogP contribution < -0.4 is 10.7 Å². The summed E-state index contributed by atoms with van der Waals surface area (Å²) in [6, 6.07) is 6.38. The van der Waals surface area contributed by atoms with Crippen molar-refractivity contribution in [3.05, 3.63) is 71.3 Å². The molecule has 8 atom stereocenters. The molecule has 1 saturated heterocycles. The summed E-state index contributed by atoms with van der Waals surface area (Å²) in [5.74, 6) is -0.799. The van der Waals surface area contributed by atoms with E-state index < -0.39 is 29.6 Å². The molecule has 1 unspecified atom stereocenters. The third kappa shape index (κ3) is 8.89. The summed E-state index contributed by atoms with van der Waals surface area (Å²) in [5, 5.41) is 10.9. The number of methoxy groups -OCH3 is 1. The van der Waals surface area contributed by atoms with Gasteiger partial charge in [0.2, 0.25) is 5.91 Å². The molecule has 3 aliphatic heterocycles. The van der Waals surface area contributed by atoms with Gasteiger partial charge in [-0.15, -0.1) is 11.8 Å². The third-order valence-corrected chi connectivity index (χ3v) is 13.6. The molecule has 2 amide bonds. The van der Waals surface area contributed by atoms with Gasteiger partial charge in [0.1, 0.15) is 23.2 Å². The number of benzene rings is 1. The molecule has 2 fully saturated rings. The zero-order valence-corrected chi connectivity index (χ0v) is 37.9. The molecule has 15 heteroatoms. The number of hydrogen-bond acceptors (Lipinski definition) is 11. The maximum Gasteiger partial charge on any atom is 0.324 e. The number of amides is 2. The van der Waals surface area contributed by atoms with Crippen LogP contribution in [-0.4, -0.2) is 105 Å². The summed E-state index contributed by atoms with van der Waals surface area (Å²) in [7, 11) is 3.54. The fourth-order valence-corrected chi connectivity index (χ4v) is 10.4. The fourth-order valence-electron chi connectivity index (χ4n) is 9.26. The zero-order chi connectivity index (χ0) is 43.7. The summed E-state index contributed by atoms with van der Waals surface area (Å²) >= 11 is 1.55. The topological polar surface area (TPSA) is 154 Å². The standard InChI is InChI=1S/C46H62N8O6S/c1-11-29(38(47-12-2)27(6)58-10)40-31-23-46(7,8)25-60-45(57)33-16-15-20-54(51-33)44(56)39(49-42(55)37-26(5)36(37)32-19-21-52(9)50-32)41(59-14-4)43-48-34(24-61-43)28-17-18-35(30(31)22-28)53(40)13-3/h11-12,17-19,21-22,26-27,33-34,36-37,39,41,51H,1,13-16,20,23-25H2,2-10H3,(H,49,55)/b38-29+,47-12-/t26-,27-,33-,34?,36-,37+,39-,41-/m0/s1. The number of nitrogens with one attached hydrogen (secondary N) is 2. The highest BCUT2D eigenvalue weighted by molar-refractivity contribution is 8.14. The number of carbonyl (C=O) groups excluding carboxylic acids is 3. The van der Waals surface area contributed by atoms with E-state index in [0.717, 1.165) is 44.7 Å². The molecule has 328 valence electrons. The fraction of sp³-hybridized carbons (Fsp3) is 0.565. The van der Waals surface area contributed by atoms with E-state index in [4.69, 9.17) is 24.2 Å². The third-order valence-electron chi connectivity index (χ3n) is 12.5. The maximum absolute atomic E-state index is 14.8. The van der Waals surface area contributed by atoms with Gasteiger partial charge in [-0.3, -0.25) is 34.1 Å². The molecule has 6 bridgehead atoms. The van der Waals surface area contributed by atoms with Crippen LogP contribution in [0, 0.1) is 17.3 Å². The van der Waals surface area contributed by atoms with E-state index in [2.05, 4.69) is 66.0 Å². The lowest BCUT2D eigenvalue weighted by Crippen LogP contribution is -2.63. The van der Waals surface area contributed by atoms with Gasteiger partial charge in [-0.1, -0.05) is 39.5 Å². The van der Waals surface area contributed by atoms with E-state index >= 15 is 0 Å². The van der Waals surface area contributed by atoms with E-state index in [1.165, 1.54) is 5.01 Å². The van der Waals surface area contributed by atoms with Gasteiger partial charge in [0, 0.05) is 85.7 Å². The number of aliphatic imine (C=N–C) groups is 2. The number of cyclic esters (lactones) is 1. The Bertz CT molecular complexity index is 2260. The van der Waals surface area contributed by atoms with Crippen LogP contribution in [0.3, 0.4) is 0 Å². The predicted molar refractivity (Wildman–Crippen MR) is 240 cm³/mol. The van der Waals surface area contributed by atoms with Crippen molar-refractivity contribution in [1.82, 2.24) is 30.1 Å². The Kier molecular flexibility index (Phi) is 13.4.